The van der Waals surface area contributed by atoms with Crippen LogP contribution in [0, 0.1) is 11.8 Å². The molecule has 0 aliphatic carbocycles. The molecule has 0 saturated heterocycles. The van der Waals surface area contributed by atoms with Crippen molar-refractivity contribution in [3.8, 4) is 11.8 Å². The summed E-state index contributed by atoms with van der Waals surface area (Å²) in [5.74, 6) is 6.22. The predicted molar refractivity (Wildman–Crippen MR) is 68.4 cm³/mol. The van der Waals surface area contributed by atoms with Crippen molar-refractivity contribution in [1.29, 1.82) is 0 Å². The summed E-state index contributed by atoms with van der Waals surface area (Å²) in [4.78, 5) is 5.28. The first-order valence-electron chi connectivity index (χ1n) is 4.94. The highest BCUT2D eigenvalue weighted by molar-refractivity contribution is 7.98. The monoisotopic (exact) mass is 225 g/mol. The molecule has 1 aromatic heterocycles. The molecule has 0 aliphatic rings. The Hall–Kier alpha value is -1.72. The molecule has 1 aromatic carbocycles. The Morgan fingerprint density at radius 1 is 1.00 bits per heavy atom. The second-order valence-electron chi connectivity index (χ2n) is 3.23. The minimum absolute atomic E-state index is 0.954. The number of pyridine rings is 1. The van der Waals surface area contributed by atoms with E-state index < -0.39 is 0 Å². The molecule has 1 nitrogen and oxygen atoms in total. The summed E-state index contributed by atoms with van der Waals surface area (Å²) in [6, 6.07) is 12.0. The zero-order valence-corrected chi connectivity index (χ0v) is 9.79. The third-order valence-electron chi connectivity index (χ3n) is 2.07. The van der Waals surface area contributed by atoms with Gasteiger partial charge in [-0.25, -0.2) is 0 Å². The second kappa shape index (κ2) is 5.39. The Balaban J connectivity index is 2.24. The first-order valence-corrected chi connectivity index (χ1v) is 6.17. The lowest BCUT2D eigenvalue weighted by Gasteiger charge is -1.94. The molecule has 2 aromatic rings. The van der Waals surface area contributed by atoms with Gasteiger partial charge in [-0.15, -0.1) is 11.8 Å². The van der Waals surface area contributed by atoms with Crippen LogP contribution in [-0.2, 0) is 0 Å². The highest BCUT2D eigenvalue weighted by Crippen LogP contribution is 2.13. The summed E-state index contributed by atoms with van der Waals surface area (Å²) < 4.78 is 0. The van der Waals surface area contributed by atoms with Gasteiger partial charge >= 0.3 is 0 Å². The molecule has 0 bridgehead atoms. The van der Waals surface area contributed by atoms with Gasteiger partial charge in [0, 0.05) is 28.4 Å². The number of thioether (sulfide) groups is 1. The number of rotatable bonds is 1. The van der Waals surface area contributed by atoms with Gasteiger partial charge in [0.1, 0.15) is 0 Å². The zero-order valence-electron chi connectivity index (χ0n) is 8.97. The van der Waals surface area contributed by atoms with Gasteiger partial charge < -0.3 is 0 Å². The van der Waals surface area contributed by atoms with Crippen molar-refractivity contribution in [3.63, 3.8) is 0 Å². The molecule has 0 N–H and O–H groups in total. The van der Waals surface area contributed by atoms with Crippen molar-refractivity contribution in [1.82, 2.24) is 4.98 Å². The molecule has 0 amide bonds. The summed E-state index contributed by atoms with van der Waals surface area (Å²) in [5.41, 5.74) is 1.98. The average molecular weight is 225 g/mol. The standard InChI is InChI=1S/C14H11NS/c1-16-14-9-13(10-15-11-14)8-7-12-5-3-2-4-6-12/h2-6,9-11H,1H3. The molecule has 0 atom stereocenters. The number of benzene rings is 1. The largest absolute Gasteiger partial charge is 0.262 e. The van der Waals surface area contributed by atoms with Gasteiger partial charge in [0.25, 0.3) is 0 Å². The molecular formula is C14H11NS. The van der Waals surface area contributed by atoms with Gasteiger partial charge in [-0.05, 0) is 24.5 Å². The number of aromatic nitrogens is 1. The zero-order chi connectivity index (χ0) is 11.2. The topological polar surface area (TPSA) is 12.9 Å². The van der Waals surface area contributed by atoms with Crippen LogP contribution in [0.5, 0.6) is 0 Å². The lowest BCUT2D eigenvalue weighted by molar-refractivity contribution is 1.23. The quantitative estimate of drug-likeness (QED) is 0.546. The van der Waals surface area contributed by atoms with E-state index in [9.17, 15) is 0 Å². The fourth-order valence-electron chi connectivity index (χ4n) is 1.26. The van der Waals surface area contributed by atoms with Crippen LogP contribution in [-0.4, -0.2) is 11.2 Å². The van der Waals surface area contributed by atoms with E-state index in [0.717, 1.165) is 16.0 Å². The Morgan fingerprint density at radius 3 is 2.50 bits per heavy atom. The molecule has 0 unspecified atom stereocenters. The minimum atomic E-state index is 0.954. The summed E-state index contributed by atoms with van der Waals surface area (Å²) in [5, 5.41) is 0. The number of nitrogens with zero attached hydrogens (tertiary/aromatic N) is 1. The summed E-state index contributed by atoms with van der Waals surface area (Å²) in [6.45, 7) is 0. The van der Waals surface area contributed by atoms with Gasteiger partial charge in [0.05, 0.1) is 0 Å². The minimum Gasteiger partial charge on any atom is -0.262 e. The van der Waals surface area contributed by atoms with Crippen LogP contribution in [0.2, 0.25) is 0 Å². The molecule has 0 spiro atoms. The molecule has 0 saturated carbocycles. The van der Waals surface area contributed by atoms with Crippen molar-refractivity contribution in [2.75, 3.05) is 6.26 Å². The third kappa shape index (κ3) is 2.88. The normalized spacial score (nSPS) is 9.31. The summed E-state index contributed by atoms with van der Waals surface area (Å²) in [6.07, 6.45) is 5.67. The maximum Gasteiger partial charge on any atom is 0.0443 e. The van der Waals surface area contributed by atoms with Crippen molar-refractivity contribution in [2.24, 2.45) is 0 Å². The third-order valence-corrected chi connectivity index (χ3v) is 2.77. The van der Waals surface area contributed by atoms with E-state index in [1.54, 1.807) is 18.0 Å². The van der Waals surface area contributed by atoms with Crippen LogP contribution in [0.25, 0.3) is 0 Å². The Morgan fingerprint density at radius 2 is 1.75 bits per heavy atom. The van der Waals surface area contributed by atoms with E-state index in [0.29, 0.717) is 0 Å². The van der Waals surface area contributed by atoms with Gasteiger partial charge in [-0.1, -0.05) is 30.0 Å². The molecule has 1 heterocycles. The van der Waals surface area contributed by atoms with Gasteiger partial charge in [0.2, 0.25) is 0 Å². The van der Waals surface area contributed by atoms with Gasteiger partial charge in [-0.3, -0.25) is 4.98 Å². The molecule has 0 aliphatic heterocycles. The maximum atomic E-state index is 4.14. The fourth-order valence-corrected chi connectivity index (χ4v) is 1.68. The van der Waals surface area contributed by atoms with Gasteiger partial charge in [0.15, 0.2) is 0 Å². The van der Waals surface area contributed by atoms with E-state index in [-0.39, 0.29) is 0 Å². The smallest absolute Gasteiger partial charge is 0.0443 e. The van der Waals surface area contributed by atoms with Crippen LogP contribution in [0.4, 0.5) is 0 Å². The first-order chi connectivity index (χ1) is 7.88. The molecule has 16 heavy (non-hydrogen) atoms. The summed E-state index contributed by atoms with van der Waals surface area (Å²) >= 11 is 1.67. The fraction of sp³-hybridized carbons (Fsp3) is 0.0714. The lowest BCUT2D eigenvalue weighted by atomic mass is 10.2. The molecular weight excluding hydrogens is 214 g/mol. The number of hydrogen-bond donors (Lipinski definition) is 0. The SMILES string of the molecule is CSc1cncc(C#Cc2ccccc2)c1. The number of hydrogen-bond acceptors (Lipinski definition) is 2. The van der Waals surface area contributed by atoms with E-state index in [2.05, 4.69) is 16.8 Å². The van der Waals surface area contributed by atoms with E-state index >= 15 is 0 Å². The van der Waals surface area contributed by atoms with Crippen LogP contribution in [0.15, 0.2) is 53.7 Å². The lowest BCUT2D eigenvalue weighted by Crippen LogP contribution is -1.80. The summed E-state index contributed by atoms with van der Waals surface area (Å²) in [7, 11) is 0. The highest BCUT2D eigenvalue weighted by Gasteiger charge is 1.91. The van der Waals surface area contributed by atoms with Crippen LogP contribution in [0.1, 0.15) is 11.1 Å². The van der Waals surface area contributed by atoms with Crippen LogP contribution >= 0.6 is 11.8 Å². The molecule has 2 heteroatoms. The van der Waals surface area contributed by atoms with Crippen molar-refractivity contribution < 1.29 is 0 Å². The van der Waals surface area contributed by atoms with E-state index in [1.165, 1.54) is 0 Å². The van der Waals surface area contributed by atoms with Crippen LogP contribution in [0.3, 0.4) is 0 Å². The molecule has 0 fully saturated rings. The molecule has 78 valence electrons. The maximum absolute atomic E-state index is 4.14. The van der Waals surface area contributed by atoms with Crippen molar-refractivity contribution >= 4 is 11.8 Å². The average Bonchev–Trinajstić information content (AvgIpc) is 2.38. The molecule has 2 rings (SSSR count). The Labute approximate surface area is 99.9 Å². The van der Waals surface area contributed by atoms with Crippen molar-refractivity contribution in [2.45, 2.75) is 4.90 Å². The van der Waals surface area contributed by atoms with Gasteiger partial charge in [-0.2, -0.15) is 0 Å². The van der Waals surface area contributed by atoms with E-state index in [1.807, 2.05) is 48.9 Å². The predicted octanol–water partition coefficient (Wildman–Crippen LogP) is 3.20. The van der Waals surface area contributed by atoms with E-state index in [4.69, 9.17) is 0 Å². The Bertz CT molecular complexity index is 523. The Kier molecular flexibility index (Phi) is 3.63. The van der Waals surface area contributed by atoms with Crippen LogP contribution < -0.4 is 0 Å². The van der Waals surface area contributed by atoms with Crippen molar-refractivity contribution in [3.05, 3.63) is 59.9 Å². The first kappa shape index (κ1) is 10.8. The molecule has 0 radical (unpaired) electrons. The second-order valence-corrected chi connectivity index (χ2v) is 4.11. The highest BCUT2D eigenvalue weighted by atomic mass is 32.2.